The third-order valence-electron chi connectivity index (χ3n) is 3.40. The van der Waals surface area contributed by atoms with Crippen molar-refractivity contribution in [2.24, 2.45) is 5.84 Å². The van der Waals surface area contributed by atoms with Gasteiger partial charge in [-0.1, -0.05) is 29.3 Å². The number of carbonyl (C=O) groups is 1. The Morgan fingerprint density at radius 1 is 1.22 bits per heavy atom. The number of hydrogen-bond acceptors (Lipinski definition) is 3. The van der Waals surface area contributed by atoms with E-state index in [1.165, 1.54) is 10.7 Å². The van der Waals surface area contributed by atoms with Crippen molar-refractivity contribution in [3.63, 3.8) is 0 Å². The van der Waals surface area contributed by atoms with Crippen molar-refractivity contribution in [2.45, 2.75) is 6.54 Å². The van der Waals surface area contributed by atoms with Crippen molar-refractivity contribution in [1.82, 2.24) is 15.2 Å². The molecule has 1 heterocycles. The highest BCUT2D eigenvalue weighted by atomic mass is 35.5. The summed E-state index contributed by atoms with van der Waals surface area (Å²) >= 11 is 11.8. The van der Waals surface area contributed by atoms with E-state index in [1.54, 1.807) is 30.3 Å². The van der Waals surface area contributed by atoms with Gasteiger partial charge in [-0.3, -0.25) is 14.9 Å². The smallest absolute Gasteiger partial charge is 0.286 e. The van der Waals surface area contributed by atoms with Crippen molar-refractivity contribution < 1.29 is 9.18 Å². The number of fused-ring (bicyclic) bond motifs is 1. The molecule has 118 valence electrons. The highest BCUT2D eigenvalue weighted by Crippen LogP contribution is 2.24. The van der Waals surface area contributed by atoms with E-state index < -0.39 is 11.7 Å². The number of nitrogens with one attached hydrogen (secondary N) is 1. The van der Waals surface area contributed by atoms with Crippen LogP contribution in [-0.4, -0.2) is 15.7 Å². The summed E-state index contributed by atoms with van der Waals surface area (Å²) in [6, 6.07) is 9.36. The topological polar surface area (TPSA) is 72.9 Å². The van der Waals surface area contributed by atoms with E-state index in [9.17, 15) is 9.18 Å². The Balaban J connectivity index is 2.13. The standard InChI is InChI=1S/C15H11Cl2FN4O/c16-9-2-1-8(12(18)5-9)7-22-13-6-10(17)3-4-11(13)14(21-22)15(23)20-19/h1-6H,7,19H2,(H,20,23). The summed E-state index contributed by atoms with van der Waals surface area (Å²) in [5.41, 5.74) is 3.18. The molecule has 8 heteroatoms. The Labute approximate surface area is 140 Å². The maximum Gasteiger partial charge on any atom is 0.286 e. The normalized spacial score (nSPS) is 11.0. The molecule has 3 N–H and O–H groups in total. The average molecular weight is 353 g/mol. The molecule has 3 rings (SSSR count). The number of carbonyl (C=O) groups excluding carboxylic acids is 1. The van der Waals surface area contributed by atoms with Gasteiger partial charge in [0.25, 0.3) is 5.91 Å². The van der Waals surface area contributed by atoms with Gasteiger partial charge in [-0.15, -0.1) is 0 Å². The molecule has 1 aromatic heterocycles. The molecule has 0 atom stereocenters. The maximum absolute atomic E-state index is 14.0. The fourth-order valence-corrected chi connectivity index (χ4v) is 2.64. The van der Waals surface area contributed by atoms with Gasteiger partial charge in [0.1, 0.15) is 5.82 Å². The lowest BCUT2D eigenvalue weighted by Gasteiger charge is -2.06. The first-order valence-corrected chi connectivity index (χ1v) is 7.36. The molecule has 0 aliphatic rings. The van der Waals surface area contributed by atoms with E-state index in [2.05, 4.69) is 5.10 Å². The van der Waals surface area contributed by atoms with Gasteiger partial charge in [-0.25, -0.2) is 10.2 Å². The lowest BCUT2D eigenvalue weighted by Crippen LogP contribution is -2.30. The van der Waals surface area contributed by atoms with Crippen LogP contribution < -0.4 is 11.3 Å². The predicted molar refractivity (Wildman–Crippen MR) is 86.9 cm³/mol. The molecule has 0 bridgehead atoms. The monoisotopic (exact) mass is 352 g/mol. The van der Waals surface area contributed by atoms with Gasteiger partial charge in [0, 0.05) is 21.0 Å². The fraction of sp³-hybridized carbons (Fsp3) is 0.0667. The Morgan fingerprint density at radius 2 is 1.91 bits per heavy atom. The number of aromatic nitrogens is 2. The summed E-state index contributed by atoms with van der Waals surface area (Å²) in [5.74, 6) is 4.19. The lowest BCUT2D eigenvalue weighted by atomic mass is 10.2. The zero-order valence-corrected chi connectivity index (χ0v) is 13.2. The molecule has 0 unspecified atom stereocenters. The third-order valence-corrected chi connectivity index (χ3v) is 3.87. The maximum atomic E-state index is 14.0. The summed E-state index contributed by atoms with van der Waals surface area (Å²) in [5, 5.41) is 5.59. The van der Waals surface area contributed by atoms with Crippen LogP contribution in [0, 0.1) is 5.82 Å². The Morgan fingerprint density at radius 3 is 2.61 bits per heavy atom. The number of nitrogens with zero attached hydrogens (tertiary/aromatic N) is 2. The quantitative estimate of drug-likeness (QED) is 0.432. The molecule has 0 saturated heterocycles. The van der Waals surface area contributed by atoms with Crippen LogP contribution in [0.4, 0.5) is 4.39 Å². The highest BCUT2D eigenvalue weighted by Gasteiger charge is 2.17. The number of nitrogen functional groups attached to an aromatic ring is 1. The zero-order chi connectivity index (χ0) is 16.6. The van der Waals surface area contributed by atoms with Crippen molar-refractivity contribution in [1.29, 1.82) is 0 Å². The fourth-order valence-electron chi connectivity index (χ4n) is 2.31. The van der Waals surface area contributed by atoms with Gasteiger partial charge in [0.15, 0.2) is 5.69 Å². The number of rotatable bonds is 3. The number of hydrogen-bond donors (Lipinski definition) is 2. The van der Waals surface area contributed by atoms with E-state index in [1.807, 2.05) is 5.43 Å². The van der Waals surface area contributed by atoms with Crippen LogP contribution in [0.15, 0.2) is 36.4 Å². The molecule has 0 aliphatic carbocycles. The molecule has 2 aromatic carbocycles. The number of halogens is 3. The van der Waals surface area contributed by atoms with Crippen LogP contribution in [-0.2, 0) is 6.54 Å². The van der Waals surface area contributed by atoms with Crippen LogP contribution in [0.3, 0.4) is 0 Å². The van der Waals surface area contributed by atoms with E-state index >= 15 is 0 Å². The lowest BCUT2D eigenvalue weighted by molar-refractivity contribution is 0.0949. The first-order chi connectivity index (χ1) is 11.0. The van der Waals surface area contributed by atoms with Crippen molar-refractivity contribution >= 4 is 40.0 Å². The van der Waals surface area contributed by atoms with Gasteiger partial charge in [-0.2, -0.15) is 5.10 Å². The molecule has 23 heavy (non-hydrogen) atoms. The molecule has 3 aromatic rings. The van der Waals surface area contributed by atoms with Crippen LogP contribution in [0.25, 0.3) is 10.9 Å². The highest BCUT2D eigenvalue weighted by molar-refractivity contribution is 6.31. The van der Waals surface area contributed by atoms with E-state index in [0.29, 0.717) is 26.5 Å². The van der Waals surface area contributed by atoms with Crippen molar-refractivity contribution in [3.05, 3.63) is 63.5 Å². The largest absolute Gasteiger partial charge is 0.289 e. The Kier molecular flexibility index (Phi) is 4.21. The second-order valence-corrected chi connectivity index (χ2v) is 5.75. The van der Waals surface area contributed by atoms with E-state index in [0.717, 1.165) is 0 Å². The number of hydrazine groups is 1. The third kappa shape index (κ3) is 3.01. The minimum Gasteiger partial charge on any atom is -0.289 e. The SMILES string of the molecule is NNC(=O)c1nn(Cc2ccc(Cl)cc2F)c2cc(Cl)ccc12. The molecule has 5 nitrogen and oxygen atoms in total. The van der Waals surface area contributed by atoms with Gasteiger partial charge in [0.2, 0.25) is 0 Å². The van der Waals surface area contributed by atoms with Crippen LogP contribution in [0.1, 0.15) is 16.1 Å². The second-order valence-electron chi connectivity index (χ2n) is 4.88. The summed E-state index contributed by atoms with van der Waals surface area (Å²) in [6.45, 7) is 0.123. The minimum absolute atomic E-state index is 0.123. The molecule has 0 spiro atoms. The first kappa shape index (κ1) is 15.7. The molecular formula is C15H11Cl2FN4O. The summed E-state index contributed by atoms with van der Waals surface area (Å²) < 4.78 is 15.5. The summed E-state index contributed by atoms with van der Waals surface area (Å²) in [4.78, 5) is 11.9. The minimum atomic E-state index is -0.535. The van der Waals surface area contributed by atoms with Gasteiger partial charge >= 0.3 is 0 Å². The first-order valence-electron chi connectivity index (χ1n) is 6.60. The average Bonchev–Trinajstić information content (AvgIpc) is 2.87. The van der Waals surface area contributed by atoms with E-state index in [4.69, 9.17) is 29.0 Å². The molecule has 0 aliphatic heterocycles. The number of amides is 1. The Hall–Kier alpha value is -2.15. The summed E-state index contributed by atoms with van der Waals surface area (Å²) in [6.07, 6.45) is 0. The molecule has 1 amide bonds. The van der Waals surface area contributed by atoms with Crippen LogP contribution in [0.5, 0.6) is 0 Å². The summed E-state index contributed by atoms with van der Waals surface area (Å²) in [7, 11) is 0. The van der Waals surface area contributed by atoms with E-state index in [-0.39, 0.29) is 12.2 Å². The van der Waals surface area contributed by atoms with Crippen molar-refractivity contribution in [2.75, 3.05) is 0 Å². The van der Waals surface area contributed by atoms with Gasteiger partial charge in [-0.05, 0) is 30.3 Å². The Bertz CT molecular complexity index is 910. The molecule has 0 fully saturated rings. The number of benzene rings is 2. The number of nitrogens with two attached hydrogens (primary N) is 1. The van der Waals surface area contributed by atoms with Crippen molar-refractivity contribution in [3.8, 4) is 0 Å². The predicted octanol–water partition coefficient (Wildman–Crippen LogP) is 3.13. The van der Waals surface area contributed by atoms with Gasteiger partial charge in [0.05, 0.1) is 12.1 Å². The zero-order valence-electron chi connectivity index (χ0n) is 11.7. The van der Waals surface area contributed by atoms with Crippen LogP contribution in [0.2, 0.25) is 10.0 Å². The van der Waals surface area contributed by atoms with Crippen LogP contribution >= 0.6 is 23.2 Å². The molecule has 0 radical (unpaired) electrons. The molecular weight excluding hydrogens is 342 g/mol. The second kappa shape index (κ2) is 6.16. The molecule has 0 saturated carbocycles. The van der Waals surface area contributed by atoms with Gasteiger partial charge < -0.3 is 0 Å².